The maximum atomic E-state index is 12.6. The second-order valence-corrected chi connectivity index (χ2v) is 11.6. The number of rotatable bonds is 29. The lowest BCUT2D eigenvalue weighted by Crippen LogP contribution is -2.32. The lowest BCUT2D eigenvalue weighted by atomic mass is 9.83. The van der Waals surface area contributed by atoms with Crippen LogP contribution in [0.3, 0.4) is 0 Å². The monoisotopic (exact) mass is 538 g/mol. The van der Waals surface area contributed by atoms with E-state index in [9.17, 15) is 9.59 Å². The van der Waals surface area contributed by atoms with E-state index in [0.717, 1.165) is 38.5 Å². The predicted molar refractivity (Wildman–Crippen MR) is 162 cm³/mol. The van der Waals surface area contributed by atoms with Gasteiger partial charge in [0.25, 0.3) is 0 Å². The summed E-state index contributed by atoms with van der Waals surface area (Å²) in [6, 6.07) is 0. The van der Waals surface area contributed by atoms with E-state index >= 15 is 0 Å². The molecule has 0 saturated carbocycles. The molecule has 0 amide bonds. The number of methoxy groups -OCH3 is 2. The zero-order valence-corrected chi connectivity index (χ0v) is 26.2. The third-order valence-corrected chi connectivity index (χ3v) is 8.23. The summed E-state index contributed by atoms with van der Waals surface area (Å²) in [6.07, 6.45) is 32.4. The van der Waals surface area contributed by atoms with E-state index in [1.165, 1.54) is 143 Å². The molecule has 0 N–H and O–H groups in total. The van der Waals surface area contributed by atoms with Crippen LogP contribution in [0.1, 0.15) is 181 Å². The Labute approximate surface area is 237 Å². The minimum atomic E-state index is -0.372. The SMILES string of the molecule is CCCCCCCCCCCCCCCCC(C(=O)OC)C(CCCCCCCCCCCC)C(=O)OC. The van der Waals surface area contributed by atoms with Crippen molar-refractivity contribution in [3.05, 3.63) is 0 Å². The molecule has 2 atom stereocenters. The molecule has 226 valence electrons. The van der Waals surface area contributed by atoms with Gasteiger partial charge in [-0.05, 0) is 12.8 Å². The van der Waals surface area contributed by atoms with Crippen molar-refractivity contribution in [2.24, 2.45) is 11.8 Å². The summed E-state index contributed by atoms with van der Waals surface area (Å²) in [5, 5.41) is 0. The van der Waals surface area contributed by atoms with Crippen molar-refractivity contribution >= 4 is 11.9 Å². The van der Waals surface area contributed by atoms with Crippen LogP contribution in [-0.2, 0) is 19.1 Å². The molecule has 0 aromatic rings. The standard InChI is InChI=1S/C34H66O4/c1-5-7-9-11-13-15-17-18-19-20-22-24-26-28-30-32(34(36)38-4)31(33(35)37-3)29-27-25-23-21-16-14-12-10-8-6-2/h31-32H,5-30H2,1-4H3. The molecule has 0 aromatic heterocycles. The minimum Gasteiger partial charge on any atom is -0.469 e. The summed E-state index contributed by atoms with van der Waals surface area (Å²) in [5.74, 6) is -1.24. The van der Waals surface area contributed by atoms with Crippen LogP contribution in [0.4, 0.5) is 0 Å². The summed E-state index contributed by atoms with van der Waals surface area (Å²) in [7, 11) is 2.88. The van der Waals surface area contributed by atoms with Crippen LogP contribution in [0.15, 0.2) is 0 Å². The normalized spacial score (nSPS) is 12.8. The largest absolute Gasteiger partial charge is 0.469 e. The highest BCUT2D eigenvalue weighted by molar-refractivity contribution is 5.81. The topological polar surface area (TPSA) is 52.6 Å². The van der Waals surface area contributed by atoms with Crippen molar-refractivity contribution in [2.45, 2.75) is 181 Å². The van der Waals surface area contributed by atoms with Gasteiger partial charge in [-0.25, -0.2) is 0 Å². The molecule has 0 rings (SSSR count). The third kappa shape index (κ3) is 21.8. The van der Waals surface area contributed by atoms with Crippen LogP contribution in [-0.4, -0.2) is 26.2 Å². The first kappa shape index (κ1) is 36.9. The molecule has 4 heteroatoms. The van der Waals surface area contributed by atoms with Gasteiger partial charge in [0.15, 0.2) is 0 Å². The zero-order valence-electron chi connectivity index (χ0n) is 26.2. The quantitative estimate of drug-likeness (QED) is 0.0702. The molecule has 0 aliphatic rings. The van der Waals surface area contributed by atoms with Gasteiger partial charge in [0.1, 0.15) is 0 Å². The number of carbonyl (C=O) groups excluding carboxylic acids is 2. The van der Waals surface area contributed by atoms with Gasteiger partial charge in [0, 0.05) is 0 Å². The molecule has 0 heterocycles. The van der Waals surface area contributed by atoms with Crippen molar-refractivity contribution in [3.8, 4) is 0 Å². The highest BCUT2D eigenvalue weighted by Gasteiger charge is 2.34. The Kier molecular flexibility index (Phi) is 28.1. The minimum absolute atomic E-state index is 0.248. The number of ether oxygens (including phenoxy) is 2. The van der Waals surface area contributed by atoms with Gasteiger partial charge >= 0.3 is 11.9 Å². The molecule has 0 aromatic carbocycles. The molecule has 0 saturated heterocycles. The summed E-state index contributed by atoms with van der Waals surface area (Å²) in [6.45, 7) is 4.53. The van der Waals surface area contributed by atoms with Gasteiger partial charge in [0.05, 0.1) is 26.1 Å². The van der Waals surface area contributed by atoms with Gasteiger partial charge in [-0.15, -0.1) is 0 Å². The Morgan fingerprint density at radius 1 is 0.395 bits per heavy atom. The molecule has 4 nitrogen and oxygen atoms in total. The average Bonchev–Trinajstić information content (AvgIpc) is 2.93. The molecular weight excluding hydrogens is 472 g/mol. The van der Waals surface area contributed by atoms with Crippen molar-refractivity contribution in [1.82, 2.24) is 0 Å². The van der Waals surface area contributed by atoms with Crippen molar-refractivity contribution in [3.63, 3.8) is 0 Å². The first-order valence-corrected chi connectivity index (χ1v) is 16.8. The Bertz CT molecular complexity index is 519. The van der Waals surface area contributed by atoms with Crippen LogP contribution in [0.25, 0.3) is 0 Å². The van der Waals surface area contributed by atoms with Gasteiger partial charge in [-0.3, -0.25) is 9.59 Å². The molecular formula is C34H66O4. The summed E-state index contributed by atoms with van der Waals surface area (Å²) >= 11 is 0. The second kappa shape index (κ2) is 28.9. The van der Waals surface area contributed by atoms with Crippen molar-refractivity contribution in [1.29, 1.82) is 0 Å². The highest BCUT2D eigenvalue weighted by Crippen LogP contribution is 2.28. The third-order valence-electron chi connectivity index (χ3n) is 8.23. The summed E-state index contributed by atoms with van der Waals surface area (Å²) in [4.78, 5) is 25.2. The number of hydrogen-bond donors (Lipinski definition) is 0. The molecule has 0 fully saturated rings. The Balaban J connectivity index is 4.12. The molecule has 0 aliphatic carbocycles. The van der Waals surface area contributed by atoms with Gasteiger partial charge in [-0.2, -0.15) is 0 Å². The number of unbranched alkanes of at least 4 members (excludes halogenated alkanes) is 22. The van der Waals surface area contributed by atoms with E-state index in [2.05, 4.69) is 13.8 Å². The smallest absolute Gasteiger partial charge is 0.309 e. The maximum absolute atomic E-state index is 12.6. The van der Waals surface area contributed by atoms with Gasteiger partial charge in [-0.1, -0.05) is 168 Å². The average molecular weight is 539 g/mol. The van der Waals surface area contributed by atoms with Crippen LogP contribution in [0.2, 0.25) is 0 Å². The van der Waals surface area contributed by atoms with Crippen LogP contribution in [0, 0.1) is 11.8 Å². The fraction of sp³-hybridized carbons (Fsp3) is 0.941. The second-order valence-electron chi connectivity index (χ2n) is 11.6. The molecule has 0 aliphatic heterocycles. The number of carbonyl (C=O) groups is 2. The summed E-state index contributed by atoms with van der Waals surface area (Å²) < 4.78 is 10.2. The van der Waals surface area contributed by atoms with Crippen LogP contribution in [0.5, 0.6) is 0 Å². The Hall–Kier alpha value is -1.06. The highest BCUT2D eigenvalue weighted by atomic mass is 16.5. The molecule has 38 heavy (non-hydrogen) atoms. The van der Waals surface area contributed by atoms with Crippen molar-refractivity contribution in [2.75, 3.05) is 14.2 Å². The predicted octanol–water partition coefficient (Wildman–Crippen LogP) is 10.7. The lowest BCUT2D eigenvalue weighted by molar-refractivity contribution is -0.158. The van der Waals surface area contributed by atoms with E-state index in [1.807, 2.05) is 0 Å². The van der Waals surface area contributed by atoms with E-state index in [-0.39, 0.29) is 23.8 Å². The number of esters is 2. The van der Waals surface area contributed by atoms with Crippen molar-refractivity contribution < 1.29 is 19.1 Å². The molecule has 0 spiro atoms. The maximum Gasteiger partial charge on any atom is 0.309 e. The lowest BCUT2D eigenvalue weighted by Gasteiger charge is -2.23. The Morgan fingerprint density at radius 2 is 0.605 bits per heavy atom. The van der Waals surface area contributed by atoms with E-state index in [0.29, 0.717) is 0 Å². The van der Waals surface area contributed by atoms with E-state index in [4.69, 9.17) is 9.47 Å². The number of hydrogen-bond acceptors (Lipinski definition) is 4. The summed E-state index contributed by atoms with van der Waals surface area (Å²) in [5.41, 5.74) is 0. The fourth-order valence-electron chi connectivity index (χ4n) is 5.68. The first-order chi connectivity index (χ1) is 18.6. The van der Waals surface area contributed by atoms with Gasteiger partial charge < -0.3 is 9.47 Å². The zero-order chi connectivity index (χ0) is 28.1. The fourth-order valence-corrected chi connectivity index (χ4v) is 5.68. The van der Waals surface area contributed by atoms with Crippen LogP contribution < -0.4 is 0 Å². The van der Waals surface area contributed by atoms with E-state index < -0.39 is 0 Å². The Morgan fingerprint density at radius 3 is 0.816 bits per heavy atom. The van der Waals surface area contributed by atoms with Crippen LogP contribution >= 0.6 is 0 Å². The van der Waals surface area contributed by atoms with E-state index in [1.54, 1.807) is 0 Å². The first-order valence-electron chi connectivity index (χ1n) is 16.8. The van der Waals surface area contributed by atoms with Gasteiger partial charge in [0.2, 0.25) is 0 Å². The molecule has 0 bridgehead atoms. The molecule has 2 unspecified atom stereocenters. The molecule has 0 radical (unpaired) electrons.